The van der Waals surface area contributed by atoms with E-state index < -0.39 is 6.10 Å². The molecule has 0 aliphatic carbocycles. The number of rotatable bonds is 6. The van der Waals surface area contributed by atoms with Gasteiger partial charge < -0.3 is 9.84 Å². The van der Waals surface area contributed by atoms with Crippen LogP contribution in [0.2, 0.25) is 0 Å². The molecule has 5 heteroatoms. The summed E-state index contributed by atoms with van der Waals surface area (Å²) in [5.74, 6) is 0.705. The minimum absolute atomic E-state index is 0.0479. The largest absolute Gasteiger partial charge is 0.491 e. The van der Waals surface area contributed by atoms with E-state index in [0.717, 1.165) is 38.9 Å². The van der Waals surface area contributed by atoms with E-state index in [2.05, 4.69) is 29.4 Å². The van der Waals surface area contributed by atoms with E-state index in [4.69, 9.17) is 4.74 Å². The third-order valence-electron chi connectivity index (χ3n) is 5.54. The van der Waals surface area contributed by atoms with Gasteiger partial charge in [0, 0.05) is 10.9 Å². The van der Waals surface area contributed by atoms with Crippen LogP contribution in [0.25, 0.3) is 22.0 Å². The van der Waals surface area contributed by atoms with Gasteiger partial charge in [0.25, 0.3) is 5.56 Å². The molecule has 1 unspecified atom stereocenters. The van der Waals surface area contributed by atoms with E-state index in [-0.39, 0.29) is 18.7 Å². The highest BCUT2D eigenvalue weighted by Gasteiger charge is 2.16. The molecule has 0 aliphatic rings. The molecule has 0 saturated heterocycles. The second kappa shape index (κ2) is 8.97. The van der Waals surface area contributed by atoms with E-state index in [1.54, 1.807) is 0 Å². The lowest BCUT2D eigenvalue weighted by atomic mass is 9.99. The summed E-state index contributed by atoms with van der Waals surface area (Å²) in [6.07, 6.45) is -0.881. The molecule has 32 heavy (non-hydrogen) atoms. The van der Waals surface area contributed by atoms with E-state index in [0.29, 0.717) is 11.1 Å². The molecule has 3 aromatic carbocycles. The van der Waals surface area contributed by atoms with Crippen molar-refractivity contribution in [1.82, 2.24) is 9.78 Å². The van der Waals surface area contributed by atoms with Gasteiger partial charge in [-0.1, -0.05) is 42.0 Å². The number of fused-ring (bicyclic) bond motifs is 1. The normalized spacial score (nSPS) is 12.2. The first-order valence-corrected chi connectivity index (χ1v) is 10.8. The third kappa shape index (κ3) is 4.58. The molecule has 0 bridgehead atoms. The number of hydrogen-bond acceptors (Lipinski definition) is 4. The zero-order valence-electron chi connectivity index (χ0n) is 18.9. The number of aliphatic hydroxyl groups is 1. The predicted molar refractivity (Wildman–Crippen MR) is 128 cm³/mol. The zero-order valence-corrected chi connectivity index (χ0v) is 18.9. The van der Waals surface area contributed by atoms with E-state index in [1.165, 1.54) is 4.68 Å². The lowest BCUT2D eigenvalue weighted by Crippen LogP contribution is -2.32. The molecule has 1 N–H and O–H groups in total. The molecule has 1 atom stereocenters. The molecule has 5 nitrogen and oxygen atoms in total. The van der Waals surface area contributed by atoms with Gasteiger partial charge in [-0.15, -0.1) is 0 Å². The van der Waals surface area contributed by atoms with E-state index in [1.807, 2.05) is 64.1 Å². The average Bonchev–Trinajstić information content (AvgIpc) is 2.75. The van der Waals surface area contributed by atoms with Gasteiger partial charge in [-0.05, 0) is 68.7 Å². The van der Waals surface area contributed by atoms with Crippen LogP contribution >= 0.6 is 0 Å². The molecule has 4 aromatic rings. The number of benzene rings is 3. The topological polar surface area (TPSA) is 64.3 Å². The Bertz CT molecular complexity index is 1320. The maximum atomic E-state index is 13.1. The molecule has 1 aromatic heterocycles. The van der Waals surface area contributed by atoms with Crippen molar-refractivity contribution in [3.63, 3.8) is 0 Å². The molecular weight excluding hydrogens is 400 g/mol. The molecule has 0 saturated carbocycles. The van der Waals surface area contributed by atoms with Crippen LogP contribution in [0.1, 0.15) is 22.3 Å². The Hall–Kier alpha value is -3.44. The summed E-state index contributed by atoms with van der Waals surface area (Å²) in [6, 6.07) is 19.6. The highest BCUT2D eigenvalue weighted by Crippen LogP contribution is 2.28. The van der Waals surface area contributed by atoms with Crippen LogP contribution in [0, 0.1) is 27.7 Å². The van der Waals surface area contributed by atoms with Crippen molar-refractivity contribution in [3.05, 3.63) is 93.3 Å². The minimum Gasteiger partial charge on any atom is -0.491 e. The molecule has 4 rings (SSSR count). The number of hydrogen-bond donors (Lipinski definition) is 1. The number of ether oxygens (including phenoxy) is 1. The van der Waals surface area contributed by atoms with Crippen molar-refractivity contribution in [2.75, 3.05) is 6.61 Å². The van der Waals surface area contributed by atoms with Crippen molar-refractivity contribution in [3.8, 4) is 17.0 Å². The van der Waals surface area contributed by atoms with Crippen molar-refractivity contribution < 1.29 is 9.84 Å². The van der Waals surface area contributed by atoms with Crippen LogP contribution in [0.4, 0.5) is 0 Å². The first kappa shape index (κ1) is 21.8. The molecule has 0 aliphatic heterocycles. The quantitative estimate of drug-likeness (QED) is 0.482. The van der Waals surface area contributed by atoms with Gasteiger partial charge in [-0.2, -0.15) is 5.10 Å². The predicted octanol–water partition coefficient (Wildman–Crippen LogP) is 4.74. The van der Waals surface area contributed by atoms with Crippen molar-refractivity contribution in [2.24, 2.45) is 0 Å². The zero-order chi connectivity index (χ0) is 22.8. The lowest BCUT2D eigenvalue weighted by Gasteiger charge is -2.17. The Morgan fingerprint density at radius 2 is 1.59 bits per heavy atom. The number of aromatic nitrogens is 2. The fraction of sp³-hybridized carbons (Fsp3) is 0.259. The molecule has 164 valence electrons. The molecular formula is C27H28N2O3. The average molecular weight is 429 g/mol. The SMILES string of the molecule is Cc1cc(C)cc(OCC(O)Cn2nc(-c3cc(C)ccc3C)c3ccccc3c2=O)c1. The standard InChI is InChI=1S/C27H28N2O3/c1-17-9-10-20(4)25(14-17)26-23-7-5-6-8-24(23)27(31)29(28-26)15-21(30)16-32-22-12-18(2)11-19(3)13-22/h5-14,21,30H,15-16H2,1-4H3. The van der Waals surface area contributed by atoms with Crippen LogP contribution in [0.5, 0.6) is 5.75 Å². The van der Waals surface area contributed by atoms with E-state index >= 15 is 0 Å². The fourth-order valence-electron chi connectivity index (χ4n) is 4.01. The Labute approximate surface area is 187 Å². The summed E-state index contributed by atoms with van der Waals surface area (Å²) in [5, 5.41) is 16.7. The van der Waals surface area contributed by atoms with Crippen LogP contribution in [-0.2, 0) is 6.54 Å². The van der Waals surface area contributed by atoms with Crippen molar-refractivity contribution in [2.45, 2.75) is 40.3 Å². The number of aryl methyl sites for hydroxylation is 4. The van der Waals surface area contributed by atoms with Gasteiger partial charge in [0.1, 0.15) is 18.5 Å². The minimum atomic E-state index is -0.881. The van der Waals surface area contributed by atoms with Crippen LogP contribution in [0.15, 0.2) is 65.5 Å². The molecule has 0 radical (unpaired) electrons. The van der Waals surface area contributed by atoms with E-state index in [9.17, 15) is 9.90 Å². The second-order valence-electron chi connectivity index (χ2n) is 8.49. The molecule has 0 amide bonds. The summed E-state index contributed by atoms with van der Waals surface area (Å²) in [5.41, 5.74) is 5.90. The van der Waals surface area contributed by atoms with Crippen molar-refractivity contribution in [1.29, 1.82) is 0 Å². The smallest absolute Gasteiger partial charge is 0.274 e. The first-order valence-electron chi connectivity index (χ1n) is 10.8. The highest BCUT2D eigenvalue weighted by atomic mass is 16.5. The Balaban J connectivity index is 1.67. The Kier molecular flexibility index (Phi) is 6.10. The maximum Gasteiger partial charge on any atom is 0.274 e. The van der Waals surface area contributed by atoms with Gasteiger partial charge >= 0.3 is 0 Å². The van der Waals surface area contributed by atoms with Gasteiger partial charge in [-0.25, -0.2) is 4.68 Å². The van der Waals surface area contributed by atoms with Gasteiger partial charge in [0.2, 0.25) is 0 Å². The maximum absolute atomic E-state index is 13.1. The van der Waals surface area contributed by atoms with Crippen LogP contribution < -0.4 is 10.3 Å². The summed E-state index contributed by atoms with van der Waals surface area (Å²) in [6.45, 7) is 8.20. The lowest BCUT2D eigenvalue weighted by molar-refractivity contribution is 0.0882. The first-order chi connectivity index (χ1) is 15.3. The van der Waals surface area contributed by atoms with Gasteiger partial charge in [-0.3, -0.25) is 4.79 Å². The summed E-state index contributed by atoms with van der Waals surface area (Å²) in [4.78, 5) is 13.1. The van der Waals surface area contributed by atoms with Gasteiger partial charge in [0.15, 0.2) is 0 Å². The number of aliphatic hydroxyl groups excluding tert-OH is 1. The summed E-state index contributed by atoms with van der Waals surface area (Å²) < 4.78 is 7.14. The Morgan fingerprint density at radius 3 is 2.31 bits per heavy atom. The van der Waals surface area contributed by atoms with Crippen molar-refractivity contribution >= 4 is 10.8 Å². The molecule has 0 fully saturated rings. The Morgan fingerprint density at radius 1 is 0.906 bits per heavy atom. The molecule has 0 spiro atoms. The van der Waals surface area contributed by atoms with Gasteiger partial charge in [0.05, 0.1) is 17.6 Å². The third-order valence-corrected chi connectivity index (χ3v) is 5.54. The molecule has 1 heterocycles. The van der Waals surface area contributed by atoms with Crippen LogP contribution in [-0.4, -0.2) is 27.6 Å². The second-order valence-corrected chi connectivity index (χ2v) is 8.49. The summed E-state index contributed by atoms with van der Waals surface area (Å²) in [7, 11) is 0. The fourth-order valence-corrected chi connectivity index (χ4v) is 4.01. The summed E-state index contributed by atoms with van der Waals surface area (Å²) >= 11 is 0. The monoisotopic (exact) mass is 428 g/mol. The number of nitrogens with zero attached hydrogens (tertiary/aromatic N) is 2. The van der Waals surface area contributed by atoms with Crippen LogP contribution in [0.3, 0.4) is 0 Å². The highest BCUT2D eigenvalue weighted by molar-refractivity contribution is 5.94.